The lowest BCUT2D eigenvalue weighted by atomic mass is 10.3. The molecule has 1 aromatic heterocycles. The molecule has 0 saturated carbocycles. The number of anilines is 1. The third kappa shape index (κ3) is 3.09. The molecule has 4 nitrogen and oxygen atoms in total. The summed E-state index contributed by atoms with van der Waals surface area (Å²) in [6.07, 6.45) is 0. The van der Waals surface area contributed by atoms with Crippen LogP contribution in [0.5, 0.6) is 0 Å². The standard InChI is InChI=1S/C13H15BrFN3OS/c1-3-18-12(13(14)8(2)17-18)7-20(19)11-5-9(15)4-10(16)6-11/h4-6H,3,7,16H2,1-2H3. The summed E-state index contributed by atoms with van der Waals surface area (Å²) in [5.74, 6) is -0.217. The summed E-state index contributed by atoms with van der Waals surface area (Å²) in [5, 5.41) is 4.35. The molecule has 108 valence electrons. The molecule has 1 atom stereocenters. The molecule has 0 amide bonds. The number of benzene rings is 1. The van der Waals surface area contributed by atoms with Gasteiger partial charge in [0.1, 0.15) is 5.82 Å². The van der Waals surface area contributed by atoms with Gasteiger partial charge in [-0.25, -0.2) is 4.39 Å². The molecule has 1 unspecified atom stereocenters. The van der Waals surface area contributed by atoms with E-state index in [4.69, 9.17) is 5.73 Å². The average molecular weight is 360 g/mol. The number of nitrogens with two attached hydrogens (primary N) is 1. The minimum atomic E-state index is -1.37. The summed E-state index contributed by atoms with van der Waals surface area (Å²) < 4.78 is 28.3. The number of aryl methyl sites for hydroxylation is 2. The molecule has 0 aliphatic heterocycles. The van der Waals surface area contributed by atoms with Gasteiger partial charge in [-0.1, -0.05) is 0 Å². The zero-order chi connectivity index (χ0) is 14.9. The first-order valence-corrected chi connectivity index (χ1v) is 8.19. The van der Waals surface area contributed by atoms with Crippen molar-refractivity contribution in [2.45, 2.75) is 31.0 Å². The van der Waals surface area contributed by atoms with Gasteiger partial charge in [-0.3, -0.25) is 8.89 Å². The summed E-state index contributed by atoms with van der Waals surface area (Å²) in [4.78, 5) is 0.385. The second kappa shape index (κ2) is 6.05. The molecule has 2 N–H and O–H groups in total. The number of nitrogen functional groups attached to an aromatic ring is 1. The Labute approximate surface area is 127 Å². The number of nitrogens with zero attached hydrogens (tertiary/aromatic N) is 2. The van der Waals surface area contributed by atoms with Crippen LogP contribution in [0.15, 0.2) is 27.6 Å². The average Bonchev–Trinajstić information content (AvgIpc) is 2.65. The van der Waals surface area contributed by atoms with E-state index in [-0.39, 0.29) is 11.4 Å². The third-order valence-corrected chi connectivity index (χ3v) is 5.21. The number of halogens is 2. The molecule has 1 heterocycles. The lowest BCUT2D eigenvalue weighted by molar-refractivity contribution is 0.620. The number of rotatable bonds is 4. The summed E-state index contributed by atoms with van der Waals surface area (Å²) >= 11 is 3.46. The van der Waals surface area contributed by atoms with E-state index in [0.717, 1.165) is 15.9 Å². The molecule has 20 heavy (non-hydrogen) atoms. The van der Waals surface area contributed by atoms with Gasteiger partial charge < -0.3 is 5.73 Å². The number of hydrogen-bond donors (Lipinski definition) is 1. The van der Waals surface area contributed by atoms with E-state index in [2.05, 4.69) is 21.0 Å². The molecule has 0 aliphatic rings. The van der Waals surface area contributed by atoms with E-state index in [1.807, 2.05) is 13.8 Å². The van der Waals surface area contributed by atoms with Crippen LogP contribution in [0.1, 0.15) is 18.3 Å². The Morgan fingerprint density at radius 1 is 1.45 bits per heavy atom. The van der Waals surface area contributed by atoms with Gasteiger partial charge in [0.15, 0.2) is 0 Å². The Morgan fingerprint density at radius 2 is 2.15 bits per heavy atom. The maximum Gasteiger partial charge on any atom is 0.126 e. The first-order chi connectivity index (χ1) is 9.42. The van der Waals surface area contributed by atoms with Gasteiger partial charge in [-0.2, -0.15) is 5.10 Å². The Kier molecular flexibility index (Phi) is 4.59. The van der Waals surface area contributed by atoms with Crippen molar-refractivity contribution in [1.29, 1.82) is 0 Å². The van der Waals surface area contributed by atoms with Gasteiger partial charge >= 0.3 is 0 Å². The molecule has 0 bridgehead atoms. The van der Waals surface area contributed by atoms with Crippen molar-refractivity contribution in [2.24, 2.45) is 0 Å². The van der Waals surface area contributed by atoms with Crippen LogP contribution >= 0.6 is 15.9 Å². The minimum Gasteiger partial charge on any atom is -0.399 e. The minimum absolute atomic E-state index is 0.262. The molecular weight excluding hydrogens is 345 g/mol. The van der Waals surface area contributed by atoms with Crippen molar-refractivity contribution in [3.05, 3.63) is 39.9 Å². The molecular formula is C13H15BrFN3OS. The van der Waals surface area contributed by atoms with Gasteiger partial charge in [-0.15, -0.1) is 0 Å². The Morgan fingerprint density at radius 3 is 2.75 bits per heavy atom. The van der Waals surface area contributed by atoms with E-state index < -0.39 is 16.6 Å². The predicted octanol–water partition coefficient (Wildman–Crippen LogP) is 3.00. The van der Waals surface area contributed by atoms with E-state index in [9.17, 15) is 8.60 Å². The first-order valence-electron chi connectivity index (χ1n) is 6.08. The molecule has 2 rings (SSSR count). The number of aromatic nitrogens is 2. The Hall–Kier alpha value is -1.21. The fourth-order valence-electron chi connectivity index (χ4n) is 1.93. The second-order valence-electron chi connectivity index (χ2n) is 4.37. The van der Waals surface area contributed by atoms with Crippen LogP contribution in [0.3, 0.4) is 0 Å². The topological polar surface area (TPSA) is 60.9 Å². The molecule has 0 fully saturated rings. The van der Waals surface area contributed by atoms with Crippen molar-refractivity contribution in [3.8, 4) is 0 Å². The monoisotopic (exact) mass is 359 g/mol. The largest absolute Gasteiger partial charge is 0.399 e. The fraction of sp³-hybridized carbons (Fsp3) is 0.308. The van der Waals surface area contributed by atoms with Gasteiger partial charge in [0.2, 0.25) is 0 Å². The zero-order valence-corrected chi connectivity index (χ0v) is 13.6. The molecule has 0 saturated heterocycles. The molecule has 1 aromatic carbocycles. The maximum absolute atomic E-state index is 13.3. The van der Waals surface area contributed by atoms with Crippen LogP contribution in [0.4, 0.5) is 10.1 Å². The third-order valence-electron chi connectivity index (χ3n) is 2.88. The zero-order valence-electron chi connectivity index (χ0n) is 11.2. The highest BCUT2D eigenvalue weighted by molar-refractivity contribution is 9.10. The molecule has 0 radical (unpaired) electrons. The van der Waals surface area contributed by atoms with E-state index in [1.54, 1.807) is 4.68 Å². The van der Waals surface area contributed by atoms with Crippen LogP contribution in [0.2, 0.25) is 0 Å². The van der Waals surface area contributed by atoms with Crippen molar-refractivity contribution in [3.63, 3.8) is 0 Å². The van der Waals surface area contributed by atoms with Crippen LogP contribution in [-0.2, 0) is 23.1 Å². The highest BCUT2D eigenvalue weighted by Gasteiger charge is 2.16. The lowest BCUT2D eigenvalue weighted by Crippen LogP contribution is -2.07. The van der Waals surface area contributed by atoms with Crippen molar-refractivity contribution in [2.75, 3.05) is 5.73 Å². The molecule has 0 aliphatic carbocycles. The van der Waals surface area contributed by atoms with Gasteiger partial charge in [0, 0.05) is 17.1 Å². The van der Waals surface area contributed by atoms with Gasteiger partial charge in [-0.05, 0) is 48.0 Å². The van der Waals surface area contributed by atoms with Gasteiger partial charge in [0.05, 0.1) is 32.4 Å². The van der Waals surface area contributed by atoms with Gasteiger partial charge in [0.25, 0.3) is 0 Å². The summed E-state index contributed by atoms with van der Waals surface area (Å²) in [6, 6.07) is 3.99. The predicted molar refractivity (Wildman–Crippen MR) is 81.3 cm³/mol. The van der Waals surface area contributed by atoms with E-state index in [1.165, 1.54) is 18.2 Å². The summed E-state index contributed by atoms with van der Waals surface area (Å²) in [5.41, 5.74) is 7.53. The number of hydrogen-bond acceptors (Lipinski definition) is 3. The second-order valence-corrected chi connectivity index (χ2v) is 6.62. The maximum atomic E-state index is 13.3. The molecule has 0 spiro atoms. The first kappa shape index (κ1) is 15.2. The Balaban J connectivity index is 2.32. The van der Waals surface area contributed by atoms with Crippen molar-refractivity contribution in [1.82, 2.24) is 9.78 Å². The van der Waals surface area contributed by atoms with Crippen LogP contribution < -0.4 is 5.73 Å². The van der Waals surface area contributed by atoms with Crippen LogP contribution in [0.25, 0.3) is 0 Å². The van der Waals surface area contributed by atoms with Crippen molar-refractivity contribution >= 4 is 32.4 Å². The fourth-order valence-corrected chi connectivity index (χ4v) is 3.76. The van der Waals surface area contributed by atoms with E-state index >= 15 is 0 Å². The van der Waals surface area contributed by atoms with E-state index in [0.29, 0.717) is 11.4 Å². The Bertz CT molecular complexity index is 652. The summed E-state index contributed by atoms with van der Waals surface area (Å²) in [6.45, 7) is 4.53. The smallest absolute Gasteiger partial charge is 0.126 e. The van der Waals surface area contributed by atoms with Crippen LogP contribution in [-0.4, -0.2) is 14.0 Å². The normalized spacial score (nSPS) is 12.6. The van der Waals surface area contributed by atoms with Crippen LogP contribution in [0, 0.1) is 12.7 Å². The van der Waals surface area contributed by atoms with Crippen molar-refractivity contribution < 1.29 is 8.60 Å². The quantitative estimate of drug-likeness (QED) is 0.853. The summed E-state index contributed by atoms with van der Waals surface area (Å²) in [7, 11) is -1.37. The molecule has 7 heteroatoms. The lowest BCUT2D eigenvalue weighted by Gasteiger charge is -2.07. The SMILES string of the molecule is CCn1nc(C)c(Br)c1CS(=O)c1cc(N)cc(F)c1. The highest BCUT2D eigenvalue weighted by Crippen LogP contribution is 2.25. The highest BCUT2D eigenvalue weighted by atomic mass is 79.9. The molecule has 2 aromatic rings.